The molecule has 1 aromatic rings. The Morgan fingerprint density at radius 1 is 0.762 bits per heavy atom. The molecule has 21 heavy (non-hydrogen) atoms. The van der Waals surface area contributed by atoms with Gasteiger partial charge in [-0.2, -0.15) is 0 Å². The summed E-state index contributed by atoms with van der Waals surface area (Å²) in [4.78, 5) is 0. The first-order valence-electron chi connectivity index (χ1n) is 9.08. The highest BCUT2D eigenvalue weighted by Gasteiger charge is 2.53. The molecule has 1 aromatic carbocycles. The maximum absolute atomic E-state index is 6.82. The Labute approximate surface area is 134 Å². The molecule has 3 aliphatic rings. The number of hydrogen-bond acceptors (Lipinski definition) is 0. The summed E-state index contributed by atoms with van der Waals surface area (Å²) in [6, 6.07) is 9.39. The lowest BCUT2D eigenvalue weighted by molar-refractivity contribution is 0.443. The van der Waals surface area contributed by atoms with Crippen LogP contribution in [0.4, 0.5) is 0 Å². The van der Waals surface area contributed by atoms with E-state index in [1.165, 1.54) is 63.4 Å². The Balaban J connectivity index is 1.43. The zero-order valence-electron chi connectivity index (χ0n) is 12.9. The maximum Gasteiger partial charge on any atom is 0.0618 e. The summed E-state index contributed by atoms with van der Waals surface area (Å²) in [5.74, 6) is 3.47. The van der Waals surface area contributed by atoms with Gasteiger partial charge < -0.3 is 0 Å². The SMILES string of the molecule is ClC(c1ccc(C2CCCCC2)cc1)C1C2CCCCC21. The van der Waals surface area contributed by atoms with Crippen LogP contribution in [0.2, 0.25) is 0 Å². The van der Waals surface area contributed by atoms with Crippen molar-refractivity contribution in [2.24, 2.45) is 17.8 Å². The van der Waals surface area contributed by atoms with Crippen LogP contribution in [0.25, 0.3) is 0 Å². The molecule has 0 saturated heterocycles. The van der Waals surface area contributed by atoms with Crippen LogP contribution in [-0.2, 0) is 0 Å². The second-order valence-corrected chi connectivity index (χ2v) is 8.06. The van der Waals surface area contributed by atoms with Crippen LogP contribution in [0.15, 0.2) is 24.3 Å². The normalized spacial score (nSPS) is 34.2. The second-order valence-electron chi connectivity index (χ2n) is 7.59. The minimum Gasteiger partial charge on any atom is -0.117 e. The van der Waals surface area contributed by atoms with Crippen molar-refractivity contribution in [3.05, 3.63) is 35.4 Å². The third kappa shape index (κ3) is 2.77. The average molecular weight is 303 g/mol. The highest BCUT2D eigenvalue weighted by Crippen LogP contribution is 2.62. The van der Waals surface area contributed by atoms with Gasteiger partial charge in [-0.05, 0) is 60.5 Å². The van der Waals surface area contributed by atoms with Crippen molar-refractivity contribution >= 4 is 11.6 Å². The van der Waals surface area contributed by atoms with E-state index in [4.69, 9.17) is 11.6 Å². The summed E-state index contributed by atoms with van der Waals surface area (Å²) in [7, 11) is 0. The van der Waals surface area contributed by atoms with Crippen LogP contribution >= 0.6 is 11.6 Å². The molecule has 1 heteroatoms. The Morgan fingerprint density at radius 3 is 1.95 bits per heavy atom. The largest absolute Gasteiger partial charge is 0.117 e. The van der Waals surface area contributed by atoms with Crippen LogP contribution in [-0.4, -0.2) is 0 Å². The first-order chi connectivity index (χ1) is 10.3. The minimum absolute atomic E-state index is 0.263. The molecule has 0 spiro atoms. The van der Waals surface area contributed by atoms with E-state index in [1.54, 1.807) is 5.56 Å². The third-order valence-corrected chi connectivity index (χ3v) is 6.94. The highest BCUT2D eigenvalue weighted by molar-refractivity contribution is 6.21. The lowest BCUT2D eigenvalue weighted by atomic mass is 9.84. The Kier molecular flexibility index (Phi) is 4.00. The van der Waals surface area contributed by atoms with Gasteiger partial charge in [0.25, 0.3) is 0 Å². The van der Waals surface area contributed by atoms with E-state index in [0.717, 1.165) is 23.7 Å². The monoisotopic (exact) mass is 302 g/mol. The summed E-state index contributed by atoms with van der Waals surface area (Å²) in [6.45, 7) is 0. The molecule has 0 aromatic heterocycles. The first-order valence-corrected chi connectivity index (χ1v) is 9.52. The van der Waals surface area contributed by atoms with Crippen molar-refractivity contribution in [1.82, 2.24) is 0 Å². The van der Waals surface area contributed by atoms with Crippen molar-refractivity contribution in [3.63, 3.8) is 0 Å². The van der Waals surface area contributed by atoms with Gasteiger partial charge in [0.2, 0.25) is 0 Å². The fourth-order valence-corrected chi connectivity index (χ4v) is 5.61. The molecule has 0 nitrogen and oxygen atoms in total. The molecule has 114 valence electrons. The quantitative estimate of drug-likeness (QED) is 0.563. The molecule has 3 aliphatic carbocycles. The molecule has 3 atom stereocenters. The highest BCUT2D eigenvalue weighted by atomic mass is 35.5. The van der Waals surface area contributed by atoms with E-state index in [0.29, 0.717) is 0 Å². The molecule has 0 amide bonds. The van der Waals surface area contributed by atoms with Crippen LogP contribution in [0, 0.1) is 17.8 Å². The Hall–Kier alpha value is -0.490. The molecule has 3 fully saturated rings. The summed E-state index contributed by atoms with van der Waals surface area (Å²) in [5, 5.41) is 0.263. The minimum atomic E-state index is 0.263. The predicted molar refractivity (Wildman–Crippen MR) is 89.8 cm³/mol. The molecule has 0 bridgehead atoms. The zero-order chi connectivity index (χ0) is 14.2. The molecule has 0 aliphatic heterocycles. The number of benzene rings is 1. The molecule has 3 unspecified atom stereocenters. The van der Waals surface area contributed by atoms with Crippen LogP contribution in [0.3, 0.4) is 0 Å². The fraction of sp³-hybridized carbons (Fsp3) is 0.700. The van der Waals surface area contributed by atoms with Gasteiger partial charge in [0.15, 0.2) is 0 Å². The standard InChI is InChI=1S/C20H27Cl/c21-20(19-17-8-4-5-9-18(17)19)16-12-10-15(11-13-16)14-6-2-1-3-7-14/h10-14,17-20H,1-9H2. The fourth-order valence-electron chi connectivity index (χ4n) is 5.09. The summed E-state index contributed by atoms with van der Waals surface area (Å²) < 4.78 is 0. The Bertz CT molecular complexity index is 459. The zero-order valence-corrected chi connectivity index (χ0v) is 13.7. The predicted octanol–water partition coefficient (Wildman–Crippen LogP) is 6.45. The molecule has 0 heterocycles. The smallest absolute Gasteiger partial charge is 0.0618 e. The van der Waals surface area contributed by atoms with Gasteiger partial charge in [-0.3, -0.25) is 0 Å². The van der Waals surface area contributed by atoms with Crippen molar-refractivity contribution in [1.29, 1.82) is 0 Å². The summed E-state index contributed by atoms with van der Waals surface area (Å²) in [6.07, 6.45) is 12.8. The molecule has 0 radical (unpaired) electrons. The number of hydrogen-bond donors (Lipinski definition) is 0. The molecule has 0 N–H and O–H groups in total. The summed E-state index contributed by atoms with van der Waals surface area (Å²) in [5.41, 5.74) is 2.92. The maximum atomic E-state index is 6.82. The van der Waals surface area contributed by atoms with Gasteiger partial charge in [0.05, 0.1) is 5.38 Å². The van der Waals surface area contributed by atoms with Crippen molar-refractivity contribution in [2.45, 2.75) is 69.1 Å². The van der Waals surface area contributed by atoms with Crippen LogP contribution in [0.1, 0.15) is 80.2 Å². The first kappa shape index (κ1) is 14.1. The molecule has 3 saturated carbocycles. The van der Waals surface area contributed by atoms with Crippen molar-refractivity contribution < 1.29 is 0 Å². The number of halogens is 1. The van der Waals surface area contributed by atoms with Gasteiger partial charge >= 0.3 is 0 Å². The lowest BCUT2D eigenvalue weighted by Gasteiger charge is -2.22. The Morgan fingerprint density at radius 2 is 1.33 bits per heavy atom. The lowest BCUT2D eigenvalue weighted by Crippen LogP contribution is -2.05. The van der Waals surface area contributed by atoms with Crippen molar-refractivity contribution in [3.8, 4) is 0 Å². The number of fused-ring (bicyclic) bond motifs is 1. The topological polar surface area (TPSA) is 0 Å². The van der Waals surface area contributed by atoms with Gasteiger partial charge in [-0.25, -0.2) is 0 Å². The second kappa shape index (κ2) is 5.95. The molecular formula is C20H27Cl. The van der Waals surface area contributed by atoms with E-state index < -0.39 is 0 Å². The molecular weight excluding hydrogens is 276 g/mol. The average Bonchev–Trinajstić information content (AvgIpc) is 3.29. The summed E-state index contributed by atoms with van der Waals surface area (Å²) >= 11 is 6.82. The third-order valence-electron chi connectivity index (χ3n) is 6.39. The van der Waals surface area contributed by atoms with E-state index >= 15 is 0 Å². The van der Waals surface area contributed by atoms with Gasteiger partial charge in [0, 0.05) is 0 Å². The van der Waals surface area contributed by atoms with Gasteiger partial charge in [-0.15, -0.1) is 11.6 Å². The van der Waals surface area contributed by atoms with E-state index in [9.17, 15) is 0 Å². The molecule has 4 rings (SSSR count). The number of alkyl halides is 1. The number of rotatable bonds is 3. The van der Waals surface area contributed by atoms with E-state index in [-0.39, 0.29) is 5.38 Å². The van der Waals surface area contributed by atoms with E-state index in [2.05, 4.69) is 24.3 Å². The van der Waals surface area contributed by atoms with Crippen molar-refractivity contribution in [2.75, 3.05) is 0 Å². The van der Waals surface area contributed by atoms with Gasteiger partial charge in [0.1, 0.15) is 0 Å². The van der Waals surface area contributed by atoms with E-state index in [1.807, 2.05) is 0 Å². The van der Waals surface area contributed by atoms with Gasteiger partial charge in [-0.1, -0.05) is 56.4 Å². The van der Waals surface area contributed by atoms with Crippen LogP contribution in [0.5, 0.6) is 0 Å². The van der Waals surface area contributed by atoms with Crippen LogP contribution < -0.4 is 0 Å².